The van der Waals surface area contributed by atoms with E-state index in [1.807, 2.05) is 35.2 Å². The molecule has 0 radical (unpaired) electrons. The predicted molar refractivity (Wildman–Crippen MR) is 112 cm³/mol. The quantitative estimate of drug-likeness (QED) is 0.615. The van der Waals surface area contributed by atoms with E-state index < -0.39 is 0 Å². The molecule has 0 spiro atoms. The van der Waals surface area contributed by atoms with Crippen LogP contribution in [0.4, 0.5) is 0 Å². The van der Waals surface area contributed by atoms with E-state index in [0.717, 1.165) is 28.4 Å². The Balaban J connectivity index is 1.87. The van der Waals surface area contributed by atoms with Gasteiger partial charge in [0.1, 0.15) is 5.78 Å². The molecule has 1 saturated heterocycles. The average Bonchev–Trinajstić information content (AvgIpc) is 2.65. The van der Waals surface area contributed by atoms with Crippen LogP contribution < -0.4 is 0 Å². The zero-order valence-electron chi connectivity index (χ0n) is 16.0. The lowest BCUT2D eigenvalue weighted by molar-refractivity contribution is -0.139. The maximum absolute atomic E-state index is 13.2. The summed E-state index contributed by atoms with van der Waals surface area (Å²) in [7, 11) is 0. The number of hydrogen-bond donors (Lipinski definition) is 0. The molecule has 2 unspecified atom stereocenters. The first-order valence-corrected chi connectivity index (χ1v) is 10.3. The monoisotopic (exact) mass is 427 g/mol. The Labute approximate surface area is 169 Å². The fourth-order valence-electron chi connectivity index (χ4n) is 4.36. The van der Waals surface area contributed by atoms with Crippen molar-refractivity contribution in [2.75, 3.05) is 6.54 Å². The number of Topliss-reactive ketones (excluding diaryl/α,β-unsaturated/α-hetero) is 1. The second-order valence-corrected chi connectivity index (χ2v) is 8.43. The molecule has 4 heteroatoms. The largest absolute Gasteiger partial charge is 0.336 e. The zero-order valence-corrected chi connectivity index (χ0v) is 17.5. The number of piperidine rings is 1. The molecule has 1 aliphatic heterocycles. The van der Waals surface area contributed by atoms with Crippen LogP contribution in [0, 0.1) is 0 Å². The molecule has 2 aromatic rings. The van der Waals surface area contributed by atoms with E-state index in [-0.39, 0.29) is 23.1 Å². The van der Waals surface area contributed by atoms with E-state index in [9.17, 15) is 9.59 Å². The van der Waals surface area contributed by atoms with E-state index in [1.54, 1.807) is 6.92 Å². The van der Waals surface area contributed by atoms with Gasteiger partial charge < -0.3 is 4.90 Å². The van der Waals surface area contributed by atoms with Crippen LogP contribution in [-0.4, -0.2) is 23.1 Å². The molecule has 0 bridgehead atoms. The van der Waals surface area contributed by atoms with Crippen molar-refractivity contribution in [3.05, 3.63) is 70.2 Å². The molecule has 2 aromatic carbocycles. The summed E-state index contributed by atoms with van der Waals surface area (Å²) in [6.07, 6.45) is 2.50. The highest BCUT2D eigenvalue weighted by Crippen LogP contribution is 2.42. The van der Waals surface area contributed by atoms with Gasteiger partial charge >= 0.3 is 0 Å². The van der Waals surface area contributed by atoms with Gasteiger partial charge in [0.15, 0.2) is 0 Å². The minimum Gasteiger partial charge on any atom is -0.336 e. The van der Waals surface area contributed by atoms with E-state index >= 15 is 0 Å². The molecule has 0 aliphatic carbocycles. The highest BCUT2D eigenvalue weighted by molar-refractivity contribution is 9.10. The van der Waals surface area contributed by atoms with Gasteiger partial charge in [-0.15, -0.1) is 0 Å². The smallest absolute Gasteiger partial charge is 0.223 e. The highest BCUT2D eigenvalue weighted by Gasteiger charge is 2.42. The third-order valence-electron chi connectivity index (χ3n) is 5.63. The van der Waals surface area contributed by atoms with Crippen LogP contribution in [0.2, 0.25) is 0 Å². The molecule has 142 valence electrons. The van der Waals surface area contributed by atoms with E-state index in [4.69, 9.17) is 0 Å². The number of carbonyl (C=O) groups is 2. The zero-order chi connectivity index (χ0) is 19.4. The molecular formula is C23H26BrNO2. The van der Waals surface area contributed by atoms with Gasteiger partial charge in [0.2, 0.25) is 5.91 Å². The van der Waals surface area contributed by atoms with Crippen LogP contribution in [0.25, 0.3) is 0 Å². The molecule has 0 N–H and O–H groups in total. The number of carbonyl (C=O) groups excluding carboxylic acids is 2. The van der Waals surface area contributed by atoms with Crippen LogP contribution in [-0.2, 0) is 15.0 Å². The first kappa shape index (κ1) is 19.8. The number of benzene rings is 2. The van der Waals surface area contributed by atoms with Gasteiger partial charge in [-0.05, 0) is 43.0 Å². The molecule has 2 atom stereocenters. The topological polar surface area (TPSA) is 37.4 Å². The van der Waals surface area contributed by atoms with Crippen molar-refractivity contribution in [2.45, 2.75) is 51.0 Å². The molecule has 1 aliphatic rings. The maximum Gasteiger partial charge on any atom is 0.223 e. The highest BCUT2D eigenvalue weighted by atomic mass is 79.9. The second-order valence-electron chi connectivity index (χ2n) is 7.51. The molecule has 0 aromatic heterocycles. The number of halogens is 1. The molecule has 1 amide bonds. The number of amides is 1. The van der Waals surface area contributed by atoms with E-state index in [0.29, 0.717) is 19.4 Å². The van der Waals surface area contributed by atoms with Gasteiger partial charge in [-0.2, -0.15) is 0 Å². The molecule has 3 nitrogen and oxygen atoms in total. The first-order chi connectivity index (χ1) is 12.9. The summed E-state index contributed by atoms with van der Waals surface area (Å²) in [5.74, 6) is 0.279. The van der Waals surface area contributed by atoms with Gasteiger partial charge in [-0.3, -0.25) is 9.59 Å². The Morgan fingerprint density at radius 2 is 1.81 bits per heavy atom. The second kappa shape index (κ2) is 8.39. The summed E-state index contributed by atoms with van der Waals surface area (Å²) >= 11 is 3.48. The Kier molecular flexibility index (Phi) is 6.15. The third-order valence-corrected chi connectivity index (χ3v) is 6.16. The molecule has 1 fully saturated rings. The van der Waals surface area contributed by atoms with Gasteiger partial charge in [0.05, 0.1) is 6.04 Å². The Hall–Kier alpha value is -1.94. The number of rotatable bonds is 6. The maximum atomic E-state index is 13.2. The van der Waals surface area contributed by atoms with Crippen molar-refractivity contribution in [1.82, 2.24) is 4.90 Å². The fraction of sp³-hybridized carbons (Fsp3) is 0.391. The van der Waals surface area contributed by atoms with E-state index in [1.165, 1.54) is 0 Å². The predicted octanol–water partition coefficient (Wildman–Crippen LogP) is 5.44. The van der Waals surface area contributed by atoms with Crippen molar-refractivity contribution < 1.29 is 9.59 Å². The summed E-state index contributed by atoms with van der Waals surface area (Å²) < 4.78 is 1.04. The van der Waals surface area contributed by atoms with Gasteiger partial charge in [0, 0.05) is 29.3 Å². The Morgan fingerprint density at radius 3 is 2.37 bits per heavy atom. The normalized spacial score (nSPS) is 21.1. The van der Waals surface area contributed by atoms with Crippen LogP contribution in [0.3, 0.4) is 0 Å². The SMILES string of the molecule is CCC(c1ccc(Br)cc1)N1CCC(CC(C)=O)(c2ccccc2)CC1=O. The molecular weight excluding hydrogens is 402 g/mol. The summed E-state index contributed by atoms with van der Waals surface area (Å²) in [4.78, 5) is 27.2. The van der Waals surface area contributed by atoms with Gasteiger partial charge in [-0.1, -0.05) is 65.3 Å². The summed E-state index contributed by atoms with van der Waals surface area (Å²) in [6, 6.07) is 18.4. The van der Waals surface area contributed by atoms with Crippen molar-refractivity contribution in [3.8, 4) is 0 Å². The van der Waals surface area contributed by atoms with Crippen molar-refractivity contribution in [2.24, 2.45) is 0 Å². The lowest BCUT2D eigenvalue weighted by atomic mass is 9.69. The molecule has 3 rings (SSSR count). The third kappa shape index (κ3) is 4.32. The van der Waals surface area contributed by atoms with Crippen LogP contribution in [0.15, 0.2) is 59.1 Å². The average molecular weight is 428 g/mol. The van der Waals surface area contributed by atoms with Crippen molar-refractivity contribution in [3.63, 3.8) is 0 Å². The molecule has 27 heavy (non-hydrogen) atoms. The number of ketones is 1. The Morgan fingerprint density at radius 1 is 1.15 bits per heavy atom. The van der Waals surface area contributed by atoms with Crippen LogP contribution in [0.1, 0.15) is 56.7 Å². The summed E-state index contributed by atoms with van der Waals surface area (Å²) in [6.45, 7) is 4.42. The molecule has 0 saturated carbocycles. The molecule has 1 heterocycles. The van der Waals surface area contributed by atoms with E-state index in [2.05, 4.69) is 47.1 Å². The minimum absolute atomic E-state index is 0.0803. The number of hydrogen-bond acceptors (Lipinski definition) is 2. The summed E-state index contributed by atoms with van der Waals surface area (Å²) in [5, 5.41) is 0. The minimum atomic E-state index is -0.376. The van der Waals surface area contributed by atoms with Crippen molar-refractivity contribution in [1.29, 1.82) is 0 Å². The van der Waals surface area contributed by atoms with Crippen molar-refractivity contribution >= 4 is 27.6 Å². The van der Waals surface area contributed by atoms with Crippen LogP contribution in [0.5, 0.6) is 0 Å². The first-order valence-electron chi connectivity index (χ1n) is 9.55. The number of nitrogens with zero attached hydrogens (tertiary/aromatic N) is 1. The Bertz CT molecular complexity index is 803. The number of likely N-dealkylation sites (tertiary alicyclic amines) is 1. The standard InChI is InChI=1S/C23H26BrNO2/c1-3-21(18-9-11-20(24)12-10-18)25-14-13-23(15-17(2)26,16-22(25)27)19-7-5-4-6-8-19/h4-12,21H,3,13-16H2,1-2H3. The van der Waals surface area contributed by atoms with Crippen LogP contribution >= 0.6 is 15.9 Å². The lowest BCUT2D eigenvalue weighted by Gasteiger charge is -2.44. The van der Waals surface area contributed by atoms with Gasteiger partial charge in [0.25, 0.3) is 0 Å². The van der Waals surface area contributed by atoms with Gasteiger partial charge in [-0.25, -0.2) is 0 Å². The fourth-order valence-corrected chi connectivity index (χ4v) is 4.62. The summed E-state index contributed by atoms with van der Waals surface area (Å²) in [5.41, 5.74) is 1.89. The lowest BCUT2D eigenvalue weighted by Crippen LogP contribution is -2.48.